The average molecular weight is 148 g/mol. The van der Waals surface area contributed by atoms with Crippen molar-refractivity contribution in [2.24, 2.45) is 5.73 Å². The summed E-state index contributed by atoms with van der Waals surface area (Å²) in [5, 5.41) is 0. The normalized spacial score (nSPS) is 11.6. The van der Waals surface area contributed by atoms with Crippen LogP contribution in [0.15, 0.2) is 30.5 Å². The molecule has 11 heavy (non-hydrogen) atoms. The fourth-order valence-corrected chi connectivity index (χ4v) is 0.923. The second kappa shape index (κ2) is 3.88. The molecular weight excluding hydrogens is 136 g/mol. The molecule has 0 radical (unpaired) electrons. The molecule has 2 heteroatoms. The first-order valence-electron chi connectivity index (χ1n) is 3.65. The molecule has 1 aromatic rings. The van der Waals surface area contributed by atoms with E-state index in [0.717, 1.165) is 11.3 Å². The predicted molar refractivity (Wildman–Crippen MR) is 46.9 cm³/mol. The lowest BCUT2D eigenvalue weighted by Crippen LogP contribution is -2.02. The molecule has 0 aliphatic heterocycles. The Morgan fingerprint density at radius 3 is 2.91 bits per heavy atom. The lowest BCUT2D eigenvalue weighted by molar-refractivity contribution is 1.19. The zero-order valence-electron chi connectivity index (χ0n) is 6.62. The quantitative estimate of drug-likeness (QED) is 0.689. The Labute approximate surface area is 66.8 Å². The van der Waals surface area contributed by atoms with Crippen LogP contribution in [0.1, 0.15) is 12.6 Å². The van der Waals surface area contributed by atoms with Gasteiger partial charge >= 0.3 is 0 Å². The molecule has 0 aliphatic rings. The second-order valence-corrected chi connectivity index (χ2v) is 2.23. The van der Waals surface area contributed by atoms with Gasteiger partial charge < -0.3 is 5.73 Å². The van der Waals surface area contributed by atoms with E-state index in [1.807, 2.05) is 31.2 Å². The second-order valence-electron chi connectivity index (χ2n) is 2.23. The van der Waals surface area contributed by atoms with Crippen LogP contribution in [0.3, 0.4) is 0 Å². The molecular formula is C9H12N2. The smallest absolute Gasteiger partial charge is 0.0671 e. The van der Waals surface area contributed by atoms with Gasteiger partial charge in [0, 0.05) is 12.7 Å². The van der Waals surface area contributed by atoms with Gasteiger partial charge in [-0.2, -0.15) is 0 Å². The van der Waals surface area contributed by atoms with Crippen molar-refractivity contribution < 1.29 is 0 Å². The Balaban J connectivity index is 2.92. The van der Waals surface area contributed by atoms with Gasteiger partial charge in [-0.15, -0.1) is 0 Å². The fraction of sp³-hybridized carbons (Fsp3) is 0.222. The average Bonchev–Trinajstić information content (AvgIpc) is 2.09. The Hall–Kier alpha value is -1.15. The summed E-state index contributed by atoms with van der Waals surface area (Å²) in [5.74, 6) is 0. The largest absolute Gasteiger partial charge is 0.326 e. The minimum absolute atomic E-state index is 0.549. The maximum atomic E-state index is 5.51. The number of hydrogen-bond acceptors (Lipinski definition) is 2. The van der Waals surface area contributed by atoms with Crippen LogP contribution >= 0.6 is 0 Å². The third kappa shape index (κ3) is 1.88. The summed E-state index contributed by atoms with van der Waals surface area (Å²) in [7, 11) is 0. The van der Waals surface area contributed by atoms with Gasteiger partial charge in [-0.25, -0.2) is 0 Å². The number of rotatable bonds is 2. The summed E-state index contributed by atoms with van der Waals surface area (Å²) in [6.07, 6.45) is 3.76. The molecule has 58 valence electrons. The molecule has 0 aromatic carbocycles. The maximum absolute atomic E-state index is 5.51. The van der Waals surface area contributed by atoms with Crippen molar-refractivity contribution in [2.45, 2.75) is 6.92 Å². The van der Waals surface area contributed by atoms with Gasteiger partial charge in [-0.3, -0.25) is 4.98 Å². The minimum Gasteiger partial charge on any atom is -0.326 e. The maximum Gasteiger partial charge on any atom is 0.0671 e. The van der Waals surface area contributed by atoms with Gasteiger partial charge in [-0.05, 0) is 24.6 Å². The summed E-state index contributed by atoms with van der Waals surface area (Å²) in [5.41, 5.74) is 7.57. The van der Waals surface area contributed by atoms with Crippen LogP contribution in [-0.4, -0.2) is 11.5 Å². The monoisotopic (exact) mass is 148 g/mol. The highest BCUT2D eigenvalue weighted by molar-refractivity contribution is 5.63. The molecule has 0 aliphatic carbocycles. The van der Waals surface area contributed by atoms with Gasteiger partial charge in [0.05, 0.1) is 5.69 Å². The van der Waals surface area contributed by atoms with Crippen LogP contribution in [0.5, 0.6) is 0 Å². The number of nitrogens with two attached hydrogens (primary N) is 1. The molecule has 0 atom stereocenters. The molecule has 2 nitrogen and oxygen atoms in total. The highest BCUT2D eigenvalue weighted by Gasteiger charge is 1.96. The van der Waals surface area contributed by atoms with E-state index >= 15 is 0 Å². The highest BCUT2D eigenvalue weighted by Crippen LogP contribution is 2.07. The lowest BCUT2D eigenvalue weighted by Gasteiger charge is -2.00. The predicted octanol–water partition coefficient (Wildman–Crippen LogP) is 1.44. The fourth-order valence-electron chi connectivity index (χ4n) is 0.923. The number of aromatic nitrogens is 1. The molecule has 0 amide bonds. The lowest BCUT2D eigenvalue weighted by atomic mass is 10.1. The number of pyridine rings is 1. The molecule has 1 rings (SSSR count). The summed E-state index contributed by atoms with van der Waals surface area (Å²) >= 11 is 0. The summed E-state index contributed by atoms with van der Waals surface area (Å²) in [4.78, 5) is 4.17. The molecule has 1 heterocycles. The van der Waals surface area contributed by atoms with Crippen LogP contribution in [0.2, 0.25) is 0 Å². The Morgan fingerprint density at radius 1 is 1.64 bits per heavy atom. The van der Waals surface area contributed by atoms with Crippen molar-refractivity contribution in [1.82, 2.24) is 4.98 Å². The summed E-state index contributed by atoms with van der Waals surface area (Å²) < 4.78 is 0. The van der Waals surface area contributed by atoms with Crippen molar-refractivity contribution in [3.63, 3.8) is 0 Å². The molecule has 2 N–H and O–H groups in total. The highest BCUT2D eigenvalue weighted by atomic mass is 14.7. The molecule has 0 saturated heterocycles. The first-order chi connectivity index (χ1) is 5.38. The molecule has 0 unspecified atom stereocenters. The Kier molecular flexibility index (Phi) is 2.81. The van der Waals surface area contributed by atoms with Crippen molar-refractivity contribution in [1.29, 1.82) is 0 Å². The van der Waals surface area contributed by atoms with E-state index in [4.69, 9.17) is 5.73 Å². The zero-order chi connectivity index (χ0) is 8.10. The molecule has 0 bridgehead atoms. The van der Waals surface area contributed by atoms with Gasteiger partial charge in [0.25, 0.3) is 0 Å². The van der Waals surface area contributed by atoms with Crippen molar-refractivity contribution in [3.8, 4) is 0 Å². The van der Waals surface area contributed by atoms with Crippen LogP contribution in [0.4, 0.5) is 0 Å². The van der Waals surface area contributed by atoms with Crippen molar-refractivity contribution >= 4 is 5.57 Å². The van der Waals surface area contributed by atoms with Gasteiger partial charge in [0.1, 0.15) is 0 Å². The molecule has 1 aromatic heterocycles. The topological polar surface area (TPSA) is 38.9 Å². The van der Waals surface area contributed by atoms with Gasteiger partial charge in [-0.1, -0.05) is 12.1 Å². The van der Waals surface area contributed by atoms with Crippen LogP contribution in [0, 0.1) is 0 Å². The van der Waals surface area contributed by atoms with E-state index in [2.05, 4.69) is 4.98 Å². The number of allylic oxidation sites excluding steroid dienone is 1. The van der Waals surface area contributed by atoms with E-state index in [1.165, 1.54) is 0 Å². The zero-order valence-corrected chi connectivity index (χ0v) is 6.62. The van der Waals surface area contributed by atoms with Crippen molar-refractivity contribution in [3.05, 3.63) is 36.2 Å². The van der Waals surface area contributed by atoms with Crippen LogP contribution in [0.25, 0.3) is 5.57 Å². The summed E-state index contributed by atoms with van der Waals surface area (Å²) in [6.45, 7) is 2.52. The van der Waals surface area contributed by atoms with Crippen LogP contribution < -0.4 is 5.73 Å². The SMILES string of the molecule is CC=C(CN)c1ccccn1. The van der Waals surface area contributed by atoms with Crippen LogP contribution in [-0.2, 0) is 0 Å². The van der Waals surface area contributed by atoms with E-state index in [0.29, 0.717) is 6.54 Å². The number of nitrogens with zero attached hydrogens (tertiary/aromatic N) is 1. The molecule has 0 fully saturated rings. The molecule has 0 saturated carbocycles. The van der Waals surface area contributed by atoms with E-state index in [1.54, 1.807) is 6.20 Å². The standard InChI is InChI=1S/C9H12N2/c1-2-8(7-10)9-5-3-4-6-11-9/h2-6H,7,10H2,1H3. The minimum atomic E-state index is 0.549. The van der Waals surface area contributed by atoms with E-state index in [-0.39, 0.29) is 0 Å². The third-order valence-corrected chi connectivity index (χ3v) is 1.56. The summed E-state index contributed by atoms with van der Waals surface area (Å²) in [6, 6.07) is 5.82. The first kappa shape index (κ1) is 7.95. The first-order valence-corrected chi connectivity index (χ1v) is 3.65. The molecule has 0 spiro atoms. The van der Waals surface area contributed by atoms with Gasteiger partial charge in [0.2, 0.25) is 0 Å². The van der Waals surface area contributed by atoms with Gasteiger partial charge in [0.15, 0.2) is 0 Å². The van der Waals surface area contributed by atoms with Crippen molar-refractivity contribution in [2.75, 3.05) is 6.54 Å². The Bertz CT molecular complexity index is 239. The third-order valence-electron chi connectivity index (χ3n) is 1.56. The van der Waals surface area contributed by atoms with E-state index in [9.17, 15) is 0 Å². The van der Waals surface area contributed by atoms with E-state index < -0.39 is 0 Å². The Morgan fingerprint density at radius 2 is 2.45 bits per heavy atom. The number of hydrogen-bond donors (Lipinski definition) is 1.